The van der Waals surface area contributed by atoms with Crippen LogP contribution in [0.25, 0.3) is 0 Å². The van der Waals surface area contributed by atoms with Crippen molar-refractivity contribution in [3.63, 3.8) is 0 Å². The van der Waals surface area contributed by atoms with Crippen molar-refractivity contribution in [2.24, 2.45) is 0 Å². The number of hydrogen-bond donors (Lipinski definition) is 2. The van der Waals surface area contributed by atoms with E-state index in [0.717, 1.165) is 19.3 Å². The van der Waals surface area contributed by atoms with Crippen LogP contribution in [0.5, 0.6) is 0 Å². The van der Waals surface area contributed by atoms with Gasteiger partial charge in [0.15, 0.2) is 0 Å². The van der Waals surface area contributed by atoms with Gasteiger partial charge in [0.2, 0.25) is 10.0 Å². The Kier molecular flexibility index (Phi) is 5.38. The topological polar surface area (TPSA) is 58.2 Å². The Morgan fingerprint density at radius 2 is 2.13 bits per heavy atom. The third-order valence-corrected chi connectivity index (χ3v) is 5.21. The predicted octanol–water partition coefficient (Wildman–Crippen LogP) is 0.409. The molecule has 0 aromatic heterocycles. The fourth-order valence-electron chi connectivity index (χ4n) is 1.81. The first-order chi connectivity index (χ1) is 7.07. The van der Waals surface area contributed by atoms with Crippen molar-refractivity contribution in [1.82, 2.24) is 10.0 Å². The van der Waals surface area contributed by atoms with E-state index >= 15 is 0 Å². The van der Waals surface area contributed by atoms with Gasteiger partial charge in [-0.15, -0.1) is 0 Å². The molecular weight excluding hydrogens is 232 g/mol. The third-order valence-electron chi connectivity index (χ3n) is 2.68. The van der Waals surface area contributed by atoms with Crippen LogP contribution in [0, 0.1) is 0 Å². The van der Waals surface area contributed by atoms with Crippen molar-refractivity contribution in [3.8, 4) is 0 Å². The number of thioether (sulfide) groups is 1. The minimum absolute atomic E-state index is 0.157. The lowest BCUT2D eigenvalue weighted by atomic mass is 10.3. The van der Waals surface area contributed by atoms with Crippen molar-refractivity contribution >= 4 is 21.8 Å². The molecule has 0 amide bonds. The summed E-state index contributed by atoms with van der Waals surface area (Å²) in [7, 11) is -1.32. The molecule has 2 unspecified atom stereocenters. The third kappa shape index (κ3) is 4.72. The first kappa shape index (κ1) is 13.3. The van der Waals surface area contributed by atoms with E-state index in [1.807, 2.05) is 11.8 Å². The second kappa shape index (κ2) is 6.08. The maximum absolute atomic E-state index is 11.6. The Hall–Kier alpha value is 0.220. The zero-order valence-electron chi connectivity index (χ0n) is 9.32. The molecule has 0 aromatic carbocycles. The summed E-state index contributed by atoms with van der Waals surface area (Å²) in [6.07, 6.45) is 5.16. The first-order valence-corrected chi connectivity index (χ1v) is 8.19. The Balaban J connectivity index is 2.35. The SMILES string of the molecule is CNCCS(=O)(=O)NC1CCC(SC)C1. The highest BCUT2D eigenvalue weighted by Gasteiger charge is 2.26. The van der Waals surface area contributed by atoms with Gasteiger partial charge in [0.25, 0.3) is 0 Å². The molecule has 2 atom stereocenters. The number of sulfonamides is 1. The summed E-state index contributed by atoms with van der Waals surface area (Å²) in [5.74, 6) is 0.171. The monoisotopic (exact) mass is 252 g/mol. The molecule has 6 heteroatoms. The fourth-order valence-corrected chi connectivity index (χ4v) is 3.92. The minimum Gasteiger partial charge on any atom is -0.319 e. The molecule has 1 fully saturated rings. The molecule has 1 aliphatic rings. The van der Waals surface area contributed by atoms with Crippen LogP contribution < -0.4 is 10.0 Å². The second-order valence-electron chi connectivity index (χ2n) is 3.91. The summed E-state index contributed by atoms with van der Waals surface area (Å²) < 4.78 is 25.9. The summed E-state index contributed by atoms with van der Waals surface area (Å²) in [6, 6.07) is 0.157. The van der Waals surface area contributed by atoms with Crippen molar-refractivity contribution < 1.29 is 8.42 Å². The van der Waals surface area contributed by atoms with E-state index in [4.69, 9.17) is 0 Å². The highest BCUT2D eigenvalue weighted by atomic mass is 32.2. The van der Waals surface area contributed by atoms with Crippen LogP contribution in [-0.2, 0) is 10.0 Å². The molecule has 1 saturated carbocycles. The van der Waals surface area contributed by atoms with Gasteiger partial charge >= 0.3 is 0 Å². The van der Waals surface area contributed by atoms with Gasteiger partial charge in [0.05, 0.1) is 5.75 Å². The molecule has 0 aliphatic heterocycles. The Labute approximate surface area is 96.6 Å². The van der Waals surface area contributed by atoms with Gasteiger partial charge in [-0.05, 0) is 32.6 Å². The van der Waals surface area contributed by atoms with Crippen LogP contribution in [0.1, 0.15) is 19.3 Å². The van der Waals surface area contributed by atoms with Crippen LogP contribution in [-0.4, -0.2) is 45.3 Å². The summed E-state index contributed by atoms with van der Waals surface area (Å²) in [4.78, 5) is 0. The lowest BCUT2D eigenvalue weighted by molar-refractivity contribution is 0.551. The molecule has 0 bridgehead atoms. The average Bonchev–Trinajstić information content (AvgIpc) is 2.62. The maximum atomic E-state index is 11.6. The molecular formula is C9H20N2O2S2. The number of nitrogens with one attached hydrogen (secondary N) is 2. The van der Waals surface area contributed by atoms with Gasteiger partial charge in [-0.2, -0.15) is 11.8 Å². The van der Waals surface area contributed by atoms with E-state index in [9.17, 15) is 8.42 Å². The molecule has 4 nitrogen and oxygen atoms in total. The number of hydrogen-bond acceptors (Lipinski definition) is 4. The molecule has 0 radical (unpaired) electrons. The molecule has 0 saturated heterocycles. The maximum Gasteiger partial charge on any atom is 0.213 e. The van der Waals surface area contributed by atoms with Crippen LogP contribution in [0.4, 0.5) is 0 Å². The zero-order chi connectivity index (χ0) is 11.3. The Morgan fingerprint density at radius 3 is 2.67 bits per heavy atom. The highest BCUT2D eigenvalue weighted by Crippen LogP contribution is 2.28. The molecule has 0 aromatic rings. The molecule has 90 valence electrons. The molecule has 2 N–H and O–H groups in total. The van der Waals surface area contributed by atoms with Crippen LogP contribution >= 0.6 is 11.8 Å². The smallest absolute Gasteiger partial charge is 0.213 e. The van der Waals surface area contributed by atoms with Crippen LogP contribution in [0.3, 0.4) is 0 Å². The van der Waals surface area contributed by atoms with E-state index in [2.05, 4.69) is 16.3 Å². The van der Waals surface area contributed by atoms with Crippen LogP contribution in [0.2, 0.25) is 0 Å². The number of rotatable bonds is 6. The zero-order valence-corrected chi connectivity index (χ0v) is 11.0. The van der Waals surface area contributed by atoms with Gasteiger partial charge in [-0.3, -0.25) is 0 Å². The van der Waals surface area contributed by atoms with E-state index in [1.165, 1.54) is 0 Å². The lowest BCUT2D eigenvalue weighted by Crippen LogP contribution is -2.37. The fraction of sp³-hybridized carbons (Fsp3) is 1.00. The van der Waals surface area contributed by atoms with Gasteiger partial charge < -0.3 is 5.32 Å². The molecule has 15 heavy (non-hydrogen) atoms. The first-order valence-electron chi connectivity index (χ1n) is 5.25. The van der Waals surface area contributed by atoms with Crippen molar-refractivity contribution in [3.05, 3.63) is 0 Å². The van der Waals surface area contributed by atoms with Gasteiger partial charge in [-0.1, -0.05) is 0 Å². The van der Waals surface area contributed by atoms with Gasteiger partial charge in [0, 0.05) is 17.8 Å². The summed E-state index contributed by atoms with van der Waals surface area (Å²) in [5.41, 5.74) is 0. The van der Waals surface area contributed by atoms with E-state index in [0.29, 0.717) is 11.8 Å². The lowest BCUT2D eigenvalue weighted by Gasteiger charge is -2.12. The molecule has 0 spiro atoms. The minimum atomic E-state index is -3.08. The normalized spacial score (nSPS) is 27.1. The van der Waals surface area contributed by atoms with Gasteiger partial charge in [0.1, 0.15) is 0 Å². The Bertz CT molecular complexity index is 280. The standard InChI is InChI=1S/C9H20N2O2S2/c1-10-5-6-15(12,13)11-8-3-4-9(7-8)14-2/h8-11H,3-7H2,1-2H3. The van der Waals surface area contributed by atoms with Crippen molar-refractivity contribution in [2.45, 2.75) is 30.6 Å². The summed E-state index contributed by atoms with van der Waals surface area (Å²) in [6.45, 7) is 0.508. The molecule has 0 heterocycles. The van der Waals surface area contributed by atoms with Crippen molar-refractivity contribution in [1.29, 1.82) is 0 Å². The molecule has 1 aliphatic carbocycles. The van der Waals surface area contributed by atoms with E-state index < -0.39 is 10.0 Å². The summed E-state index contributed by atoms with van der Waals surface area (Å²) >= 11 is 1.83. The average molecular weight is 252 g/mol. The summed E-state index contributed by atoms with van der Waals surface area (Å²) in [5, 5.41) is 3.47. The van der Waals surface area contributed by atoms with E-state index in [-0.39, 0.29) is 11.8 Å². The molecule has 1 rings (SSSR count). The quantitative estimate of drug-likeness (QED) is 0.719. The van der Waals surface area contributed by atoms with Crippen molar-refractivity contribution in [2.75, 3.05) is 25.6 Å². The van der Waals surface area contributed by atoms with Gasteiger partial charge in [-0.25, -0.2) is 13.1 Å². The Morgan fingerprint density at radius 1 is 1.40 bits per heavy atom. The van der Waals surface area contributed by atoms with E-state index in [1.54, 1.807) is 7.05 Å². The predicted molar refractivity (Wildman–Crippen MR) is 65.8 cm³/mol. The second-order valence-corrected chi connectivity index (χ2v) is 6.92. The highest BCUT2D eigenvalue weighted by molar-refractivity contribution is 7.99. The van der Waals surface area contributed by atoms with Crippen LogP contribution in [0.15, 0.2) is 0 Å². The largest absolute Gasteiger partial charge is 0.319 e.